The zero-order chi connectivity index (χ0) is 17.0. The number of hydrazone groups is 1. The number of fused-ring (bicyclic) bond motifs is 1. The lowest BCUT2D eigenvalue weighted by molar-refractivity contribution is -0.161. The van der Waals surface area contributed by atoms with Crippen molar-refractivity contribution in [1.29, 1.82) is 0 Å². The molecule has 1 fully saturated rings. The van der Waals surface area contributed by atoms with Gasteiger partial charge >= 0.3 is 5.97 Å². The monoisotopic (exact) mass is 342 g/mol. The molecule has 0 saturated carbocycles. The molecule has 2 aliphatic rings. The number of hydrogen-bond donors (Lipinski definition) is 4. The SMILES string of the molecule is C[C@@H](O)[C@H]1C(=O)N2C(C(=O)O)=C(SCCN/N=C/CCN)C[C@H]12. The fourth-order valence-electron chi connectivity index (χ4n) is 2.85. The molecule has 1 amide bonds. The summed E-state index contributed by atoms with van der Waals surface area (Å²) in [7, 11) is 0. The smallest absolute Gasteiger partial charge is 0.353 e. The number of carboxylic acids is 1. The van der Waals surface area contributed by atoms with Crippen molar-refractivity contribution in [1.82, 2.24) is 10.3 Å². The van der Waals surface area contributed by atoms with Gasteiger partial charge in [-0.05, 0) is 19.9 Å². The van der Waals surface area contributed by atoms with Crippen molar-refractivity contribution in [2.45, 2.75) is 31.9 Å². The second-order valence-corrected chi connectivity index (χ2v) is 6.66. The number of aliphatic carboxylic acids is 1. The zero-order valence-electron chi connectivity index (χ0n) is 12.9. The summed E-state index contributed by atoms with van der Waals surface area (Å²) < 4.78 is 0. The van der Waals surface area contributed by atoms with Crippen molar-refractivity contribution in [3.63, 3.8) is 0 Å². The Balaban J connectivity index is 1.91. The van der Waals surface area contributed by atoms with Crippen LogP contribution >= 0.6 is 11.8 Å². The number of hydrogen-bond acceptors (Lipinski definition) is 7. The molecule has 0 radical (unpaired) electrons. The number of aliphatic hydroxyl groups is 1. The molecule has 8 nitrogen and oxygen atoms in total. The summed E-state index contributed by atoms with van der Waals surface area (Å²) in [6, 6.07) is -0.230. The predicted octanol–water partition coefficient (Wildman–Crippen LogP) is -0.448. The molecule has 2 heterocycles. The van der Waals surface area contributed by atoms with Crippen molar-refractivity contribution in [2.75, 3.05) is 18.8 Å². The average molecular weight is 342 g/mol. The van der Waals surface area contributed by atoms with Gasteiger partial charge in [-0.1, -0.05) is 0 Å². The van der Waals surface area contributed by atoms with Gasteiger partial charge in [0.2, 0.25) is 5.91 Å². The minimum Gasteiger partial charge on any atom is -0.477 e. The number of carbonyl (C=O) groups excluding carboxylic acids is 1. The molecular formula is C14H22N4O4S. The number of amides is 1. The highest BCUT2D eigenvalue weighted by molar-refractivity contribution is 8.03. The van der Waals surface area contributed by atoms with E-state index in [-0.39, 0.29) is 17.6 Å². The van der Waals surface area contributed by atoms with Crippen LogP contribution in [0.4, 0.5) is 0 Å². The van der Waals surface area contributed by atoms with E-state index in [9.17, 15) is 19.8 Å². The average Bonchev–Trinajstić information content (AvgIpc) is 2.80. The Bertz CT molecular complexity index is 535. The van der Waals surface area contributed by atoms with Crippen LogP contribution in [0.5, 0.6) is 0 Å². The molecule has 0 aromatic rings. The standard InChI is InChI=1S/C14H22N4O4S/c1-8(19)11-9-7-10(12(14(21)22)18(9)13(11)20)23-6-5-17-16-4-2-3-15/h4,8-9,11,17,19H,2-3,5-7,15H2,1H3,(H,21,22)/b16-4+/t8-,9-,11-/m1/s1. The maximum atomic E-state index is 12.0. The molecule has 0 unspecified atom stereocenters. The van der Waals surface area contributed by atoms with Crippen LogP contribution in [0.1, 0.15) is 19.8 Å². The van der Waals surface area contributed by atoms with Gasteiger partial charge in [-0.25, -0.2) is 4.79 Å². The number of nitrogens with zero attached hydrogens (tertiary/aromatic N) is 2. The number of nitrogens with one attached hydrogen (secondary N) is 1. The third-order valence-corrected chi connectivity index (χ3v) is 4.98. The predicted molar refractivity (Wildman–Crippen MR) is 87.7 cm³/mol. The van der Waals surface area contributed by atoms with Gasteiger partial charge in [0.25, 0.3) is 0 Å². The first-order valence-electron chi connectivity index (χ1n) is 7.53. The lowest BCUT2D eigenvalue weighted by Crippen LogP contribution is -2.61. The molecule has 0 aromatic heterocycles. The van der Waals surface area contributed by atoms with E-state index in [0.29, 0.717) is 36.6 Å². The summed E-state index contributed by atoms with van der Waals surface area (Å²) in [5, 5.41) is 23.0. The van der Waals surface area contributed by atoms with Crippen LogP contribution in [0.3, 0.4) is 0 Å². The first kappa shape index (κ1) is 17.8. The van der Waals surface area contributed by atoms with Gasteiger partial charge in [0.15, 0.2) is 0 Å². The molecule has 2 aliphatic heterocycles. The van der Waals surface area contributed by atoms with E-state index < -0.39 is 18.0 Å². The summed E-state index contributed by atoms with van der Waals surface area (Å²) >= 11 is 1.41. The van der Waals surface area contributed by atoms with Gasteiger partial charge in [0.05, 0.1) is 18.1 Å². The first-order chi connectivity index (χ1) is 11.0. The van der Waals surface area contributed by atoms with Crippen LogP contribution in [-0.4, -0.2) is 64.2 Å². The van der Waals surface area contributed by atoms with Crippen LogP contribution in [0.15, 0.2) is 15.7 Å². The lowest BCUT2D eigenvalue weighted by atomic mass is 9.83. The molecule has 128 valence electrons. The van der Waals surface area contributed by atoms with Crippen molar-refractivity contribution >= 4 is 29.9 Å². The Morgan fingerprint density at radius 2 is 2.39 bits per heavy atom. The quantitative estimate of drug-likeness (QED) is 0.193. The number of nitrogens with two attached hydrogens (primary N) is 1. The van der Waals surface area contributed by atoms with Crippen molar-refractivity contribution < 1.29 is 19.8 Å². The second-order valence-electron chi connectivity index (χ2n) is 5.47. The lowest BCUT2D eigenvalue weighted by Gasteiger charge is -2.44. The second kappa shape index (κ2) is 7.80. The van der Waals surface area contributed by atoms with E-state index in [2.05, 4.69) is 10.5 Å². The Morgan fingerprint density at radius 1 is 1.65 bits per heavy atom. The fraction of sp³-hybridized carbons (Fsp3) is 0.643. The number of carboxylic acid groups (broad SMARTS) is 1. The van der Waals surface area contributed by atoms with Crippen LogP contribution in [-0.2, 0) is 9.59 Å². The molecule has 0 spiro atoms. The summed E-state index contributed by atoms with van der Waals surface area (Å²) in [5.74, 6) is -1.26. The molecule has 23 heavy (non-hydrogen) atoms. The first-order valence-corrected chi connectivity index (χ1v) is 8.52. The van der Waals surface area contributed by atoms with Gasteiger partial charge in [-0.3, -0.25) is 4.79 Å². The van der Waals surface area contributed by atoms with E-state index in [1.54, 1.807) is 13.1 Å². The summed E-state index contributed by atoms with van der Waals surface area (Å²) in [4.78, 5) is 25.5. The third-order valence-electron chi connectivity index (χ3n) is 3.86. The van der Waals surface area contributed by atoms with Crippen LogP contribution in [0.2, 0.25) is 0 Å². The summed E-state index contributed by atoms with van der Waals surface area (Å²) in [5.41, 5.74) is 8.26. The Hall–Kier alpha value is -1.58. The molecule has 0 aliphatic carbocycles. The van der Waals surface area contributed by atoms with E-state index >= 15 is 0 Å². The van der Waals surface area contributed by atoms with Gasteiger partial charge in [0.1, 0.15) is 5.70 Å². The molecule has 0 aromatic carbocycles. The Labute approximate surface area is 138 Å². The number of β-lactam (4-membered cyclic amide) rings is 1. The van der Waals surface area contributed by atoms with Crippen molar-refractivity contribution in [2.24, 2.45) is 16.8 Å². The maximum Gasteiger partial charge on any atom is 0.353 e. The Kier molecular flexibility index (Phi) is 6.03. The van der Waals surface area contributed by atoms with Crippen LogP contribution in [0.25, 0.3) is 0 Å². The molecular weight excluding hydrogens is 320 g/mol. The van der Waals surface area contributed by atoms with Crippen molar-refractivity contribution in [3.05, 3.63) is 10.6 Å². The maximum absolute atomic E-state index is 12.0. The summed E-state index contributed by atoms with van der Waals surface area (Å²) in [6.45, 7) is 2.69. The fourth-order valence-corrected chi connectivity index (χ4v) is 3.90. The minimum absolute atomic E-state index is 0.0635. The highest BCUT2D eigenvalue weighted by atomic mass is 32.2. The molecule has 1 saturated heterocycles. The topological polar surface area (TPSA) is 128 Å². The van der Waals surface area contributed by atoms with Gasteiger partial charge in [0, 0.05) is 29.8 Å². The van der Waals surface area contributed by atoms with Gasteiger partial charge in [-0.15, -0.1) is 11.8 Å². The number of carbonyl (C=O) groups is 2. The zero-order valence-corrected chi connectivity index (χ0v) is 13.8. The molecule has 2 rings (SSSR count). The normalized spacial score (nSPS) is 24.8. The highest BCUT2D eigenvalue weighted by Crippen LogP contribution is 2.46. The van der Waals surface area contributed by atoms with Gasteiger partial charge in [-0.2, -0.15) is 5.10 Å². The number of aliphatic hydroxyl groups excluding tert-OH is 1. The van der Waals surface area contributed by atoms with E-state index in [0.717, 1.165) is 0 Å². The van der Waals surface area contributed by atoms with E-state index in [1.807, 2.05) is 0 Å². The Morgan fingerprint density at radius 3 is 3.00 bits per heavy atom. The summed E-state index contributed by atoms with van der Waals surface area (Å²) in [6.07, 6.45) is 2.12. The van der Waals surface area contributed by atoms with Crippen molar-refractivity contribution in [3.8, 4) is 0 Å². The number of rotatable bonds is 9. The minimum atomic E-state index is -1.10. The molecule has 3 atom stereocenters. The molecule has 9 heteroatoms. The molecule has 0 bridgehead atoms. The third kappa shape index (κ3) is 3.67. The number of thioether (sulfide) groups is 1. The van der Waals surface area contributed by atoms with Crippen LogP contribution < -0.4 is 11.2 Å². The largest absolute Gasteiger partial charge is 0.477 e. The van der Waals surface area contributed by atoms with Gasteiger partial charge < -0.3 is 26.3 Å². The van der Waals surface area contributed by atoms with E-state index in [1.165, 1.54) is 16.7 Å². The van der Waals surface area contributed by atoms with E-state index in [4.69, 9.17) is 5.73 Å². The van der Waals surface area contributed by atoms with Crippen LogP contribution in [0, 0.1) is 5.92 Å². The molecule has 5 N–H and O–H groups in total. The highest BCUT2D eigenvalue weighted by Gasteiger charge is 2.56.